The van der Waals surface area contributed by atoms with Crippen molar-refractivity contribution in [3.8, 4) is 0 Å². The second-order valence-corrected chi connectivity index (χ2v) is 2.59. The summed E-state index contributed by atoms with van der Waals surface area (Å²) in [6.07, 6.45) is 4.88. The Balaban J connectivity index is 0.000000253. The first-order valence-corrected chi connectivity index (χ1v) is 4.37. The highest BCUT2D eigenvalue weighted by atomic mass is 16.0. The predicted molar refractivity (Wildman–Crippen MR) is 60.0 cm³/mol. The molecule has 4 heteroatoms. The molecular formula is C11H15N3O. The highest BCUT2D eigenvalue weighted by molar-refractivity contribution is 5.13. The molecule has 0 aliphatic carbocycles. The van der Waals surface area contributed by atoms with E-state index in [0.717, 1.165) is 0 Å². The van der Waals surface area contributed by atoms with Gasteiger partial charge < -0.3 is 11.2 Å². The van der Waals surface area contributed by atoms with Crippen LogP contribution in [0.25, 0.3) is 0 Å². The van der Waals surface area contributed by atoms with Crippen molar-refractivity contribution in [1.82, 2.24) is 9.97 Å². The topological polar surface area (TPSA) is 83.3 Å². The van der Waals surface area contributed by atoms with Gasteiger partial charge in [0, 0.05) is 18.9 Å². The van der Waals surface area contributed by atoms with Crippen molar-refractivity contribution in [2.75, 3.05) is 0 Å². The zero-order valence-electron chi connectivity index (χ0n) is 8.38. The van der Waals surface area contributed by atoms with E-state index in [2.05, 4.69) is 9.97 Å². The van der Waals surface area contributed by atoms with Gasteiger partial charge in [0.05, 0.1) is 0 Å². The zero-order chi connectivity index (χ0) is 10.1. The van der Waals surface area contributed by atoms with Crippen molar-refractivity contribution in [3.05, 3.63) is 60.7 Å². The normalized spacial score (nSPS) is 8.07. The van der Waals surface area contributed by atoms with Gasteiger partial charge >= 0.3 is 0 Å². The maximum absolute atomic E-state index is 5.35. The Hall–Kier alpha value is -1.78. The van der Waals surface area contributed by atoms with Crippen molar-refractivity contribution in [2.45, 2.75) is 6.54 Å². The van der Waals surface area contributed by atoms with Gasteiger partial charge in [-0.1, -0.05) is 30.3 Å². The van der Waals surface area contributed by atoms with Crippen LogP contribution in [-0.2, 0) is 6.54 Å². The van der Waals surface area contributed by atoms with E-state index in [4.69, 9.17) is 5.73 Å². The molecule has 80 valence electrons. The van der Waals surface area contributed by atoms with E-state index in [1.807, 2.05) is 30.3 Å². The maximum atomic E-state index is 5.35. The molecule has 0 unspecified atom stereocenters. The van der Waals surface area contributed by atoms with E-state index < -0.39 is 0 Å². The van der Waals surface area contributed by atoms with E-state index >= 15 is 0 Å². The lowest BCUT2D eigenvalue weighted by Crippen LogP contribution is -1.94. The maximum Gasteiger partial charge on any atom is 0.115 e. The molecule has 0 amide bonds. The Morgan fingerprint density at radius 2 is 1.53 bits per heavy atom. The predicted octanol–water partition coefficient (Wildman–Crippen LogP) is 0.797. The van der Waals surface area contributed by atoms with Crippen LogP contribution in [0.15, 0.2) is 55.1 Å². The summed E-state index contributed by atoms with van der Waals surface area (Å²) >= 11 is 0. The first kappa shape index (κ1) is 13.2. The third-order valence-electron chi connectivity index (χ3n) is 1.56. The van der Waals surface area contributed by atoms with Crippen LogP contribution in [0.2, 0.25) is 0 Å². The Morgan fingerprint density at radius 3 is 1.80 bits per heavy atom. The van der Waals surface area contributed by atoms with Gasteiger partial charge in [0.1, 0.15) is 6.33 Å². The first-order chi connectivity index (χ1) is 6.93. The third-order valence-corrected chi connectivity index (χ3v) is 1.56. The molecule has 0 spiro atoms. The standard InChI is InChI=1S/C7H9N.C4H4N2.H2O/c8-6-7-4-2-1-3-5-7;1-2-5-4-6-3-1;/h1-5H,6,8H2;1-4H;1H2. The summed E-state index contributed by atoms with van der Waals surface area (Å²) in [5.41, 5.74) is 6.54. The van der Waals surface area contributed by atoms with Crippen LogP contribution in [0.1, 0.15) is 5.56 Å². The molecule has 0 radical (unpaired) electrons. The van der Waals surface area contributed by atoms with Gasteiger partial charge in [-0.15, -0.1) is 0 Å². The number of rotatable bonds is 1. The molecule has 15 heavy (non-hydrogen) atoms. The van der Waals surface area contributed by atoms with E-state index in [0.29, 0.717) is 6.54 Å². The second kappa shape index (κ2) is 8.80. The van der Waals surface area contributed by atoms with Crippen molar-refractivity contribution in [3.63, 3.8) is 0 Å². The van der Waals surface area contributed by atoms with Crippen LogP contribution in [0.4, 0.5) is 0 Å². The van der Waals surface area contributed by atoms with Crippen molar-refractivity contribution in [1.29, 1.82) is 0 Å². The lowest BCUT2D eigenvalue weighted by atomic mass is 10.2. The number of hydrogen-bond donors (Lipinski definition) is 1. The van der Waals surface area contributed by atoms with Crippen molar-refractivity contribution >= 4 is 0 Å². The van der Waals surface area contributed by atoms with Crippen LogP contribution in [0, 0.1) is 0 Å². The summed E-state index contributed by atoms with van der Waals surface area (Å²) in [7, 11) is 0. The molecule has 4 nitrogen and oxygen atoms in total. The largest absolute Gasteiger partial charge is 0.412 e. The number of aromatic nitrogens is 2. The molecular weight excluding hydrogens is 190 g/mol. The highest BCUT2D eigenvalue weighted by Crippen LogP contribution is 1.94. The Kier molecular flexibility index (Phi) is 7.76. The Labute approximate surface area is 89.1 Å². The smallest absolute Gasteiger partial charge is 0.115 e. The third kappa shape index (κ3) is 6.31. The average molecular weight is 205 g/mol. The molecule has 0 aliphatic heterocycles. The molecule has 0 aliphatic rings. The molecule has 0 saturated heterocycles. The summed E-state index contributed by atoms with van der Waals surface area (Å²) < 4.78 is 0. The highest BCUT2D eigenvalue weighted by Gasteiger charge is 1.80. The lowest BCUT2D eigenvalue weighted by Gasteiger charge is -1.90. The van der Waals surface area contributed by atoms with Crippen LogP contribution in [0.5, 0.6) is 0 Å². The lowest BCUT2D eigenvalue weighted by molar-refractivity contribution is 0.824. The van der Waals surface area contributed by atoms with E-state index in [1.54, 1.807) is 18.5 Å². The van der Waals surface area contributed by atoms with Crippen LogP contribution in [0.3, 0.4) is 0 Å². The molecule has 1 aromatic heterocycles. The summed E-state index contributed by atoms with van der Waals surface area (Å²) in [5.74, 6) is 0. The van der Waals surface area contributed by atoms with Gasteiger partial charge in [0.2, 0.25) is 0 Å². The molecule has 2 aromatic rings. The zero-order valence-corrected chi connectivity index (χ0v) is 8.38. The molecule has 1 heterocycles. The number of hydrogen-bond acceptors (Lipinski definition) is 3. The molecule has 0 saturated carbocycles. The number of nitrogens with two attached hydrogens (primary N) is 1. The van der Waals surface area contributed by atoms with Gasteiger partial charge in [0.15, 0.2) is 0 Å². The molecule has 1 aromatic carbocycles. The average Bonchev–Trinajstić information content (AvgIpc) is 2.33. The fourth-order valence-electron chi connectivity index (χ4n) is 0.867. The second-order valence-electron chi connectivity index (χ2n) is 2.59. The minimum atomic E-state index is 0. The quantitative estimate of drug-likeness (QED) is 0.747. The van der Waals surface area contributed by atoms with Gasteiger partial charge in [-0.3, -0.25) is 0 Å². The number of benzene rings is 1. The molecule has 2 rings (SSSR count). The minimum absolute atomic E-state index is 0. The van der Waals surface area contributed by atoms with Crippen LogP contribution in [-0.4, -0.2) is 15.4 Å². The minimum Gasteiger partial charge on any atom is -0.412 e. The summed E-state index contributed by atoms with van der Waals surface area (Å²) in [4.78, 5) is 7.35. The Bertz CT molecular complexity index is 299. The summed E-state index contributed by atoms with van der Waals surface area (Å²) in [6, 6.07) is 11.8. The monoisotopic (exact) mass is 205 g/mol. The molecule has 0 fully saturated rings. The van der Waals surface area contributed by atoms with Crippen molar-refractivity contribution < 1.29 is 5.48 Å². The van der Waals surface area contributed by atoms with E-state index in [9.17, 15) is 0 Å². The van der Waals surface area contributed by atoms with E-state index in [1.165, 1.54) is 11.9 Å². The van der Waals surface area contributed by atoms with Gasteiger partial charge in [0.25, 0.3) is 0 Å². The van der Waals surface area contributed by atoms with Gasteiger partial charge in [-0.2, -0.15) is 0 Å². The Morgan fingerprint density at radius 1 is 0.933 bits per heavy atom. The van der Waals surface area contributed by atoms with Gasteiger partial charge in [-0.05, 0) is 11.6 Å². The first-order valence-electron chi connectivity index (χ1n) is 4.37. The summed E-state index contributed by atoms with van der Waals surface area (Å²) in [6.45, 7) is 0.640. The van der Waals surface area contributed by atoms with Crippen LogP contribution < -0.4 is 5.73 Å². The van der Waals surface area contributed by atoms with Crippen molar-refractivity contribution in [2.24, 2.45) is 5.73 Å². The SMILES string of the molecule is NCc1ccccc1.O.c1cncnc1. The number of nitrogens with zero attached hydrogens (tertiary/aromatic N) is 2. The fourth-order valence-corrected chi connectivity index (χ4v) is 0.867. The summed E-state index contributed by atoms with van der Waals surface area (Å²) in [5, 5.41) is 0. The molecule has 0 bridgehead atoms. The fraction of sp³-hybridized carbons (Fsp3) is 0.0909. The van der Waals surface area contributed by atoms with E-state index in [-0.39, 0.29) is 5.48 Å². The molecule has 4 N–H and O–H groups in total. The molecule has 0 atom stereocenters. The van der Waals surface area contributed by atoms with Crippen LogP contribution >= 0.6 is 0 Å². The van der Waals surface area contributed by atoms with Gasteiger partial charge in [-0.25, -0.2) is 9.97 Å².